The lowest BCUT2D eigenvalue weighted by atomic mass is 10.1. The number of thioether (sulfide) groups is 1. The summed E-state index contributed by atoms with van der Waals surface area (Å²) in [6.45, 7) is 2.68. The van der Waals surface area contributed by atoms with Crippen LogP contribution in [0.4, 0.5) is 0 Å². The monoisotopic (exact) mass is 240 g/mol. The van der Waals surface area contributed by atoms with Crippen molar-refractivity contribution in [2.75, 3.05) is 24.6 Å². The normalized spacial score (nSPS) is 15.8. The largest absolute Gasteiger partial charge is 0.467 e. The third-order valence-electron chi connectivity index (χ3n) is 2.49. The zero-order valence-electron chi connectivity index (χ0n) is 9.07. The van der Waals surface area contributed by atoms with Crippen molar-refractivity contribution in [3.8, 4) is 0 Å². The van der Waals surface area contributed by atoms with Crippen LogP contribution in [-0.4, -0.2) is 30.5 Å². The molecule has 88 valence electrons. The van der Waals surface area contributed by atoms with E-state index in [9.17, 15) is 4.79 Å². The van der Waals surface area contributed by atoms with Gasteiger partial charge in [-0.3, -0.25) is 4.79 Å². The fraction of sp³-hybridized carbons (Fsp3) is 0.545. The SMILES string of the molecule is O=C(CSCC1CNC1)NCc1ccco1. The molecule has 1 aliphatic heterocycles. The maximum atomic E-state index is 11.4. The van der Waals surface area contributed by atoms with E-state index in [2.05, 4.69) is 10.6 Å². The van der Waals surface area contributed by atoms with Gasteiger partial charge in [0.05, 0.1) is 18.6 Å². The third kappa shape index (κ3) is 3.57. The lowest BCUT2D eigenvalue weighted by Crippen LogP contribution is -2.43. The summed E-state index contributed by atoms with van der Waals surface area (Å²) in [5, 5.41) is 6.04. The van der Waals surface area contributed by atoms with Crippen LogP contribution in [0, 0.1) is 5.92 Å². The van der Waals surface area contributed by atoms with Gasteiger partial charge in [0.25, 0.3) is 0 Å². The second-order valence-corrected chi connectivity index (χ2v) is 4.93. The lowest BCUT2D eigenvalue weighted by Gasteiger charge is -2.26. The molecule has 4 nitrogen and oxygen atoms in total. The van der Waals surface area contributed by atoms with Gasteiger partial charge in [-0.05, 0) is 36.9 Å². The second-order valence-electron chi connectivity index (χ2n) is 3.90. The number of rotatable bonds is 6. The van der Waals surface area contributed by atoms with E-state index >= 15 is 0 Å². The molecule has 0 saturated carbocycles. The second kappa shape index (κ2) is 5.96. The lowest BCUT2D eigenvalue weighted by molar-refractivity contribution is -0.118. The van der Waals surface area contributed by atoms with Crippen molar-refractivity contribution < 1.29 is 9.21 Å². The fourth-order valence-corrected chi connectivity index (χ4v) is 2.41. The van der Waals surface area contributed by atoms with E-state index in [1.807, 2.05) is 12.1 Å². The Kier molecular flexibility index (Phi) is 4.30. The molecular formula is C11H16N2O2S. The van der Waals surface area contributed by atoms with Crippen LogP contribution in [-0.2, 0) is 11.3 Å². The zero-order valence-corrected chi connectivity index (χ0v) is 9.89. The van der Waals surface area contributed by atoms with Crippen LogP contribution in [0.15, 0.2) is 22.8 Å². The van der Waals surface area contributed by atoms with Gasteiger partial charge in [-0.2, -0.15) is 11.8 Å². The maximum Gasteiger partial charge on any atom is 0.230 e. The first-order valence-electron chi connectivity index (χ1n) is 5.42. The van der Waals surface area contributed by atoms with Crippen LogP contribution < -0.4 is 10.6 Å². The maximum absolute atomic E-state index is 11.4. The van der Waals surface area contributed by atoms with Gasteiger partial charge in [0.15, 0.2) is 0 Å². The predicted molar refractivity (Wildman–Crippen MR) is 64.2 cm³/mol. The molecule has 0 spiro atoms. The molecule has 2 rings (SSSR count). The molecule has 0 unspecified atom stereocenters. The summed E-state index contributed by atoms with van der Waals surface area (Å²) < 4.78 is 5.12. The van der Waals surface area contributed by atoms with Gasteiger partial charge < -0.3 is 15.1 Å². The number of nitrogens with one attached hydrogen (secondary N) is 2. The molecule has 1 amide bonds. The number of hydrogen-bond donors (Lipinski definition) is 2. The number of furan rings is 1. The molecule has 2 N–H and O–H groups in total. The Bertz CT molecular complexity index is 323. The standard InChI is InChI=1S/C11H16N2O2S/c14-11(8-16-7-9-4-12-5-9)13-6-10-2-1-3-15-10/h1-3,9,12H,4-8H2,(H,13,14). The molecular weight excluding hydrogens is 224 g/mol. The first-order valence-corrected chi connectivity index (χ1v) is 6.57. The minimum absolute atomic E-state index is 0.0775. The van der Waals surface area contributed by atoms with Crippen LogP contribution in [0.5, 0.6) is 0 Å². The Morgan fingerprint density at radius 2 is 2.50 bits per heavy atom. The van der Waals surface area contributed by atoms with Gasteiger partial charge in [0.2, 0.25) is 5.91 Å². The molecule has 0 atom stereocenters. The summed E-state index contributed by atoms with van der Waals surface area (Å²) in [5.41, 5.74) is 0. The molecule has 0 aliphatic carbocycles. The first kappa shape index (κ1) is 11.5. The van der Waals surface area contributed by atoms with Crippen molar-refractivity contribution in [2.24, 2.45) is 5.92 Å². The molecule has 1 saturated heterocycles. The van der Waals surface area contributed by atoms with Gasteiger partial charge >= 0.3 is 0 Å². The highest BCUT2D eigenvalue weighted by atomic mass is 32.2. The molecule has 2 heterocycles. The molecule has 1 aliphatic rings. The Morgan fingerprint density at radius 1 is 1.62 bits per heavy atom. The smallest absolute Gasteiger partial charge is 0.230 e. The summed E-state index contributed by atoms with van der Waals surface area (Å²) >= 11 is 1.70. The van der Waals surface area contributed by atoms with Crippen molar-refractivity contribution in [3.05, 3.63) is 24.2 Å². The Labute approximate surface area is 99.2 Å². The van der Waals surface area contributed by atoms with E-state index in [0.29, 0.717) is 12.3 Å². The molecule has 0 bridgehead atoms. The van der Waals surface area contributed by atoms with Crippen LogP contribution >= 0.6 is 11.8 Å². The number of amides is 1. The molecule has 1 aromatic rings. The van der Waals surface area contributed by atoms with Crippen LogP contribution in [0.1, 0.15) is 5.76 Å². The van der Waals surface area contributed by atoms with Crippen molar-refractivity contribution in [1.82, 2.24) is 10.6 Å². The van der Waals surface area contributed by atoms with E-state index in [1.165, 1.54) is 0 Å². The van der Waals surface area contributed by atoms with Crippen LogP contribution in [0.25, 0.3) is 0 Å². The molecule has 0 radical (unpaired) electrons. The van der Waals surface area contributed by atoms with E-state index < -0.39 is 0 Å². The van der Waals surface area contributed by atoms with Gasteiger partial charge in [-0.1, -0.05) is 0 Å². The highest BCUT2D eigenvalue weighted by Crippen LogP contribution is 2.11. The molecule has 0 aromatic carbocycles. The number of hydrogen-bond acceptors (Lipinski definition) is 4. The van der Waals surface area contributed by atoms with E-state index in [-0.39, 0.29) is 5.91 Å². The van der Waals surface area contributed by atoms with Crippen molar-refractivity contribution in [3.63, 3.8) is 0 Å². The minimum Gasteiger partial charge on any atom is -0.467 e. The van der Waals surface area contributed by atoms with Crippen molar-refractivity contribution in [2.45, 2.75) is 6.54 Å². The summed E-state index contributed by atoms with van der Waals surface area (Å²) in [6, 6.07) is 3.67. The number of carbonyl (C=O) groups excluding carboxylic acids is 1. The summed E-state index contributed by atoms with van der Waals surface area (Å²) in [6.07, 6.45) is 1.61. The average molecular weight is 240 g/mol. The van der Waals surface area contributed by atoms with Crippen molar-refractivity contribution in [1.29, 1.82) is 0 Å². The molecule has 16 heavy (non-hydrogen) atoms. The first-order chi connectivity index (χ1) is 7.84. The summed E-state index contributed by atoms with van der Waals surface area (Å²) in [5.74, 6) is 3.23. The Hall–Kier alpha value is -0.940. The van der Waals surface area contributed by atoms with Crippen LogP contribution in [0.2, 0.25) is 0 Å². The highest BCUT2D eigenvalue weighted by molar-refractivity contribution is 7.99. The van der Waals surface area contributed by atoms with E-state index in [4.69, 9.17) is 4.42 Å². The predicted octanol–water partition coefficient (Wildman–Crippen LogP) is 0.848. The van der Waals surface area contributed by atoms with Gasteiger partial charge in [-0.25, -0.2) is 0 Å². The third-order valence-corrected chi connectivity index (χ3v) is 3.67. The number of carbonyl (C=O) groups is 1. The summed E-state index contributed by atoms with van der Waals surface area (Å²) in [4.78, 5) is 11.4. The average Bonchev–Trinajstić information content (AvgIpc) is 2.71. The van der Waals surface area contributed by atoms with Crippen LogP contribution in [0.3, 0.4) is 0 Å². The van der Waals surface area contributed by atoms with Gasteiger partial charge in [0.1, 0.15) is 5.76 Å². The summed E-state index contributed by atoms with van der Waals surface area (Å²) in [7, 11) is 0. The topological polar surface area (TPSA) is 54.3 Å². The molecule has 1 fully saturated rings. The van der Waals surface area contributed by atoms with Crippen molar-refractivity contribution >= 4 is 17.7 Å². The Balaban J connectivity index is 1.53. The zero-order chi connectivity index (χ0) is 11.2. The van der Waals surface area contributed by atoms with Gasteiger partial charge in [0, 0.05) is 0 Å². The quantitative estimate of drug-likeness (QED) is 0.774. The molecule has 5 heteroatoms. The highest BCUT2D eigenvalue weighted by Gasteiger charge is 2.16. The fourth-order valence-electron chi connectivity index (χ4n) is 1.43. The minimum atomic E-state index is 0.0775. The Morgan fingerprint density at radius 3 is 3.12 bits per heavy atom. The van der Waals surface area contributed by atoms with Gasteiger partial charge in [-0.15, -0.1) is 0 Å². The van der Waals surface area contributed by atoms with E-state index in [1.54, 1.807) is 18.0 Å². The van der Waals surface area contributed by atoms with E-state index in [0.717, 1.165) is 30.5 Å². The molecule has 1 aromatic heterocycles.